The molecule has 1 aromatic rings. The Balaban J connectivity index is 2.88. The molecule has 0 atom stereocenters. The maximum Gasteiger partial charge on any atom is 0.224 e. The highest BCUT2D eigenvalue weighted by molar-refractivity contribution is 5.90. The minimum absolute atomic E-state index is 0.0624. The van der Waals surface area contributed by atoms with Gasteiger partial charge in [0.2, 0.25) is 5.91 Å². The Kier molecular flexibility index (Phi) is 5.01. The summed E-state index contributed by atoms with van der Waals surface area (Å²) >= 11 is 0. The third-order valence-corrected chi connectivity index (χ3v) is 2.61. The monoisotopic (exact) mass is 235 g/mol. The van der Waals surface area contributed by atoms with E-state index in [2.05, 4.69) is 19.2 Å². The SMILES string of the molecule is CCCC(=O)Nc1ccc(OC)c(C(C)C)c1. The van der Waals surface area contributed by atoms with Crippen LogP contribution in [0.2, 0.25) is 0 Å². The summed E-state index contributed by atoms with van der Waals surface area (Å²) in [5.74, 6) is 1.30. The lowest BCUT2D eigenvalue weighted by Crippen LogP contribution is -2.11. The maximum atomic E-state index is 11.5. The number of anilines is 1. The van der Waals surface area contributed by atoms with E-state index in [1.807, 2.05) is 25.1 Å². The van der Waals surface area contributed by atoms with Gasteiger partial charge in [-0.1, -0.05) is 20.8 Å². The Morgan fingerprint density at radius 2 is 2.12 bits per heavy atom. The number of carbonyl (C=O) groups is 1. The van der Waals surface area contributed by atoms with Crippen molar-refractivity contribution >= 4 is 11.6 Å². The van der Waals surface area contributed by atoms with E-state index >= 15 is 0 Å². The number of hydrogen-bond donors (Lipinski definition) is 1. The minimum atomic E-state index is 0.0624. The molecule has 3 heteroatoms. The second kappa shape index (κ2) is 6.28. The lowest BCUT2D eigenvalue weighted by Gasteiger charge is -2.14. The van der Waals surface area contributed by atoms with Gasteiger partial charge >= 0.3 is 0 Å². The minimum Gasteiger partial charge on any atom is -0.496 e. The quantitative estimate of drug-likeness (QED) is 0.847. The van der Waals surface area contributed by atoms with Gasteiger partial charge in [-0.2, -0.15) is 0 Å². The number of methoxy groups -OCH3 is 1. The lowest BCUT2D eigenvalue weighted by atomic mass is 10.0. The molecule has 0 aromatic heterocycles. The van der Waals surface area contributed by atoms with Crippen molar-refractivity contribution in [3.63, 3.8) is 0 Å². The average molecular weight is 235 g/mol. The molecule has 1 N–H and O–H groups in total. The van der Waals surface area contributed by atoms with Crippen LogP contribution in [-0.2, 0) is 4.79 Å². The molecule has 1 aromatic carbocycles. The van der Waals surface area contributed by atoms with E-state index in [0.29, 0.717) is 12.3 Å². The van der Waals surface area contributed by atoms with Gasteiger partial charge in [0.05, 0.1) is 7.11 Å². The van der Waals surface area contributed by atoms with Crippen molar-refractivity contribution in [3.8, 4) is 5.75 Å². The molecular formula is C14H21NO2. The highest BCUT2D eigenvalue weighted by atomic mass is 16.5. The van der Waals surface area contributed by atoms with Gasteiger partial charge in [0.1, 0.15) is 5.75 Å². The van der Waals surface area contributed by atoms with Gasteiger partial charge in [0.25, 0.3) is 0 Å². The summed E-state index contributed by atoms with van der Waals surface area (Å²) in [5, 5.41) is 2.89. The third kappa shape index (κ3) is 3.77. The second-order valence-corrected chi connectivity index (χ2v) is 4.41. The van der Waals surface area contributed by atoms with Crippen molar-refractivity contribution in [3.05, 3.63) is 23.8 Å². The van der Waals surface area contributed by atoms with Gasteiger partial charge in [-0.3, -0.25) is 4.79 Å². The van der Waals surface area contributed by atoms with Crippen LogP contribution < -0.4 is 10.1 Å². The Morgan fingerprint density at radius 1 is 1.41 bits per heavy atom. The molecule has 0 heterocycles. The van der Waals surface area contributed by atoms with E-state index < -0.39 is 0 Å². The number of ether oxygens (including phenoxy) is 1. The first-order valence-corrected chi connectivity index (χ1v) is 6.06. The molecular weight excluding hydrogens is 214 g/mol. The van der Waals surface area contributed by atoms with E-state index in [0.717, 1.165) is 23.4 Å². The zero-order valence-corrected chi connectivity index (χ0v) is 11.0. The molecule has 17 heavy (non-hydrogen) atoms. The van der Waals surface area contributed by atoms with Crippen molar-refractivity contribution in [2.45, 2.75) is 39.5 Å². The molecule has 0 saturated heterocycles. The molecule has 0 aliphatic heterocycles. The molecule has 0 fully saturated rings. The molecule has 0 unspecified atom stereocenters. The molecule has 1 amide bonds. The molecule has 0 radical (unpaired) electrons. The summed E-state index contributed by atoms with van der Waals surface area (Å²) in [4.78, 5) is 11.5. The molecule has 0 bridgehead atoms. The molecule has 1 rings (SSSR count). The second-order valence-electron chi connectivity index (χ2n) is 4.41. The fraction of sp³-hybridized carbons (Fsp3) is 0.500. The first-order valence-electron chi connectivity index (χ1n) is 6.06. The standard InChI is InChI=1S/C14H21NO2/c1-5-6-14(16)15-11-7-8-13(17-4)12(9-11)10(2)3/h7-10H,5-6H2,1-4H3,(H,15,16). The number of rotatable bonds is 5. The van der Waals surface area contributed by atoms with Crippen LogP contribution in [0.4, 0.5) is 5.69 Å². The predicted octanol–water partition coefficient (Wildman–Crippen LogP) is 3.56. The van der Waals surface area contributed by atoms with Gasteiger partial charge in [-0.15, -0.1) is 0 Å². The summed E-state index contributed by atoms with van der Waals surface area (Å²) in [5.41, 5.74) is 1.95. The van der Waals surface area contributed by atoms with E-state index in [-0.39, 0.29) is 5.91 Å². The predicted molar refractivity (Wildman–Crippen MR) is 70.6 cm³/mol. The molecule has 0 spiro atoms. The van der Waals surface area contributed by atoms with Gasteiger partial charge in [0, 0.05) is 12.1 Å². The van der Waals surface area contributed by atoms with Crippen LogP contribution in [0.25, 0.3) is 0 Å². The van der Waals surface area contributed by atoms with E-state index in [9.17, 15) is 4.79 Å². The molecule has 3 nitrogen and oxygen atoms in total. The Morgan fingerprint density at radius 3 is 2.65 bits per heavy atom. The van der Waals surface area contributed by atoms with Gasteiger partial charge in [-0.25, -0.2) is 0 Å². The first-order chi connectivity index (χ1) is 8.08. The lowest BCUT2D eigenvalue weighted by molar-refractivity contribution is -0.116. The number of benzene rings is 1. The van der Waals surface area contributed by atoms with Crippen molar-refractivity contribution in [1.29, 1.82) is 0 Å². The fourth-order valence-electron chi connectivity index (χ4n) is 1.71. The van der Waals surface area contributed by atoms with Gasteiger partial charge in [0.15, 0.2) is 0 Å². The summed E-state index contributed by atoms with van der Waals surface area (Å²) in [6.07, 6.45) is 1.42. The Labute approximate surface area is 103 Å². The maximum absolute atomic E-state index is 11.5. The summed E-state index contributed by atoms with van der Waals surface area (Å²) in [6, 6.07) is 5.76. The van der Waals surface area contributed by atoms with E-state index in [1.54, 1.807) is 7.11 Å². The number of amides is 1. The smallest absolute Gasteiger partial charge is 0.224 e. The van der Waals surface area contributed by atoms with Crippen LogP contribution >= 0.6 is 0 Å². The number of hydrogen-bond acceptors (Lipinski definition) is 2. The summed E-state index contributed by atoms with van der Waals surface area (Å²) in [6.45, 7) is 6.21. The Hall–Kier alpha value is -1.51. The van der Waals surface area contributed by atoms with Crippen molar-refractivity contribution in [2.75, 3.05) is 12.4 Å². The van der Waals surface area contributed by atoms with Crippen LogP contribution in [-0.4, -0.2) is 13.0 Å². The summed E-state index contributed by atoms with van der Waals surface area (Å²) < 4.78 is 5.30. The van der Waals surface area contributed by atoms with Crippen LogP contribution in [0.3, 0.4) is 0 Å². The number of carbonyl (C=O) groups excluding carboxylic acids is 1. The van der Waals surface area contributed by atoms with E-state index in [4.69, 9.17) is 4.74 Å². The zero-order chi connectivity index (χ0) is 12.8. The van der Waals surface area contributed by atoms with E-state index in [1.165, 1.54) is 0 Å². The Bertz CT molecular complexity index is 386. The molecule has 0 saturated carbocycles. The normalized spacial score (nSPS) is 10.4. The van der Waals surface area contributed by atoms with Crippen molar-refractivity contribution in [1.82, 2.24) is 0 Å². The van der Waals surface area contributed by atoms with Gasteiger partial charge in [-0.05, 0) is 36.1 Å². The van der Waals surface area contributed by atoms with Crippen molar-refractivity contribution < 1.29 is 9.53 Å². The highest BCUT2D eigenvalue weighted by Gasteiger charge is 2.09. The molecule has 0 aliphatic carbocycles. The highest BCUT2D eigenvalue weighted by Crippen LogP contribution is 2.29. The topological polar surface area (TPSA) is 38.3 Å². The van der Waals surface area contributed by atoms with Crippen molar-refractivity contribution in [2.24, 2.45) is 0 Å². The molecule has 94 valence electrons. The number of nitrogens with one attached hydrogen (secondary N) is 1. The largest absolute Gasteiger partial charge is 0.496 e. The fourth-order valence-corrected chi connectivity index (χ4v) is 1.71. The summed E-state index contributed by atoms with van der Waals surface area (Å²) in [7, 11) is 1.66. The van der Waals surface area contributed by atoms with Crippen LogP contribution in [0.1, 0.15) is 45.1 Å². The van der Waals surface area contributed by atoms with Crippen LogP contribution in [0.5, 0.6) is 5.75 Å². The van der Waals surface area contributed by atoms with Crippen LogP contribution in [0.15, 0.2) is 18.2 Å². The third-order valence-electron chi connectivity index (χ3n) is 2.61. The first kappa shape index (κ1) is 13.6. The molecule has 0 aliphatic rings. The van der Waals surface area contributed by atoms with Crippen LogP contribution in [0, 0.1) is 0 Å². The zero-order valence-electron chi connectivity index (χ0n) is 11.0. The average Bonchev–Trinajstić information content (AvgIpc) is 2.29. The van der Waals surface area contributed by atoms with Gasteiger partial charge < -0.3 is 10.1 Å².